The molecule has 3 N–H and O–H groups in total. The molecule has 0 aromatic heterocycles. The van der Waals surface area contributed by atoms with Crippen molar-refractivity contribution in [3.05, 3.63) is 23.8 Å². The van der Waals surface area contributed by atoms with Crippen LogP contribution in [0.3, 0.4) is 0 Å². The van der Waals surface area contributed by atoms with Gasteiger partial charge in [0.2, 0.25) is 0 Å². The van der Waals surface area contributed by atoms with Gasteiger partial charge in [-0.25, -0.2) is 0 Å². The predicted molar refractivity (Wildman–Crippen MR) is 74.1 cm³/mol. The van der Waals surface area contributed by atoms with E-state index in [1.165, 1.54) is 24.1 Å². The van der Waals surface area contributed by atoms with Crippen molar-refractivity contribution < 1.29 is 4.74 Å². The Morgan fingerprint density at radius 2 is 2.00 bits per heavy atom. The smallest absolute Gasteiger partial charge is 0.122 e. The van der Waals surface area contributed by atoms with Gasteiger partial charge in [0.25, 0.3) is 0 Å². The zero-order valence-electron chi connectivity index (χ0n) is 10.8. The Morgan fingerprint density at radius 1 is 1.17 bits per heavy atom. The molecule has 1 aromatic rings. The Labute approximate surface area is 109 Å². The zero-order valence-corrected chi connectivity index (χ0v) is 10.8. The summed E-state index contributed by atoms with van der Waals surface area (Å²) in [5.74, 6) is 1.07. The van der Waals surface area contributed by atoms with Gasteiger partial charge in [0, 0.05) is 17.8 Å². The van der Waals surface area contributed by atoms with Crippen molar-refractivity contribution in [2.45, 2.75) is 50.6 Å². The van der Waals surface area contributed by atoms with Crippen molar-refractivity contribution in [1.82, 2.24) is 0 Å². The van der Waals surface area contributed by atoms with Gasteiger partial charge < -0.3 is 15.8 Å². The monoisotopic (exact) mass is 246 g/mol. The quantitative estimate of drug-likeness (QED) is 0.843. The normalized spacial score (nSPS) is 27.2. The van der Waals surface area contributed by atoms with E-state index < -0.39 is 0 Å². The highest BCUT2D eigenvalue weighted by molar-refractivity contribution is 5.52. The second-order valence-electron chi connectivity index (χ2n) is 5.53. The van der Waals surface area contributed by atoms with Gasteiger partial charge in [-0.3, -0.25) is 0 Å². The van der Waals surface area contributed by atoms with E-state index in [1.54, 1.807) is 0 Å². The van der Waals surface area contributed by atoms with Crippen molar-refractivity contribution in [1.29, 1.82) is 0 Å². The highest BCUT2D eigenvalue weighted by atomic mass is 16.5. The third-order valence-electron chi connectivity index (χ3n) is 4.05. The van der Waals surface area contributed by atoms with Crippen LogP contribution in [0, 0.1) is 0 Å². The van der Waals surface area contributed by atoms with Crippen LogP contribution >= 0.6 is 0 Å². The van der Waals surface area contributed by atoms with Crippen molar-refractivity contribution in [3.8, 4) is 5.75 Å². The highest BCUT2D eigenvalue weighted by Crippen LogP contribution is 2.29. The van der Waals surface area contributed by atoms with Crippen LogP contribution in [-0.2, 0) is 6.42 Å². The first-order valence-corrected chi connectivity index (χ1v) is 7.09. The van der Waals surface area contributed by atoms with E-state index in [0.717, 1.165) is 38.0 Å². The minimum Gasteiger partial charge on any atom is -0.493 e. The molecule has 3 rings (SSSR count). The van der Waals surface area contributed by atoms with E-state index in [0.29, 0.717) is 12.1 Å². The number of nitrogens with one attached hydrogen (secondary N) is 1. The number of aryl methyl sites for hydroxylation is 1. The number of fused-ring (bicyclic) bond motifs is 1. The number of rotatable bonds is 2. The van der Waals surface area contributed by atoms with Crippen molar-refractivity contribution in [2.24, 2.45) is 5.73 Å². The Kier molecular flexibility index (Phi) is 3.41. The van der Waals surface area contributed by atoms with Gasteiger partial charge in [-0.15, -0.1) is 0 Å². The molecule has 0 bridgehead atoms. The predicted octanol–water partition coefficient (Wildman–Crippen LogP) is 2.69. The van der Waals surface area contributed by atoms with Gasteiger partial charge in [-0.1, -0.05) is 0 Å². The number of hydrogen-bond donors (Lipinski definition) is 2. The number of ether oxygens (including phenoxy) is 1. The SMILES string of the molecule is NC1CCC(Nc2ccc3c(c2)CCCO3)CC1. The number of anilines is 1. The van der Waals surface area contributed by atoms with Crippen molar-refractivity contribution in [3.63, 3.8) is 0 Å². The zero-order chi connectivity index (χ0) is 12.4. The number of benzene rings is 1. The summed E-state index contributed by atoms with van der Waals surface area (Å²) in [4.78, 5) is 0. The van der Waals surface area contributed by atoms with Crippen molar-refractivity contribution in [2.75, 3.05) is 11.9 Å². The molecule has 0 spiro atoms. The first kappa shape index (κ1) is 11.8. The van der Waals surface area contributed by atoms with E-state index in [9.17, 15) is 0 Å². The molecule has 3 nitrogen and oxygen atoms in total. The molecular weight excluding hydrogens is 224 g/mol. The first-order valence-electron chi connectivity index (χ1n) is 7.09. The van der Waals surface area contributed by atoms with E-state index in [1.807, 2.05) is 0 Å². The Bertz CT molecular complexity index is 411. The maximum atomic E-state index is 5.94. The topological polar surface area (TPSA) is 47.3 Å². The molecule has 0 atom stereocenters. The molecular formula is C15H22N2O. The summed E-state index contributed by atoms with van der Waals surface area (Å²) in [5, 5.41) is 3.64. The lowest BCUT2D eigenvalue weighted by Gasteiger charge is -2.28. The van der Waals surface area contributed by atoms with Crippen LogP contribution in [0.1, 0.15) is 37.7 Å². The van der Waals surface area contributed by atoms with E-state index in [2.05, 4.69) is 23.5 Å². The molecule has 0 unspecified atom stereocenters. The Hall–Kier alpha value is -1.22. The van der Waals surface area contributed by atoms with Crippen LogP contribution in [0.15, 0.2) is 18.2 Å². The van der Waals surface area contributed by atoms with Gasteiger partial charge in [0.05, 0.1) is 6.61 Å². The molecule has 18 heavy (non-hydrogen) atoms. The maximum Gasteiger partial charge on any atom is 0.122 e. The molecule has 1 saturated carbocycles. The highest BCUT2D eigenvalue weighted by Gasteiger charge is 2.18. The van der Waals surface area contributed by atoms with Crippen LogP contribution in [-0.4, -0.2) is 18.7 Å². The standard InChI is InChI=1S/C15H22N2O/c16-12-3-5-13(6-4-12)17-14-7-8-15-11(10-14)2-1-9-18-15/h7-8,10,12-13,17H,1-6,9,16H2. The summed E-state index contributed by atoms with van der Waals surface area (Å²) >= 11 is 0. The average Bonchev–Trinajstić information content (AvgIpc) is 2.41. The third kappa shape index (κ3) is 2.61. The summed E-state index contributed by atoms with van der Waals surface area (Å²) in [6.07, 6.45) is 6.94. The van der Waals surface area contributed by atoms with Crippen LogP contribution in [0.2, 0.25) is 0 Å². The Morgan fingerprint density at radius 3 is 2.83 bits per heavy atom. The summed E-state index contributed by atoms with van der Waals surface area (Å²) < 4.78 is 5.64. The fourth-order valence-corrected chi connectivity index (χ4v) is 2.95. The minimum atomic E-state index is 0.417. The molecule has 1 aliphatic carbocycles. The molecule has 0 radical (unpaired) electrons. The third-order valence-corrected chi connectivity index (χ3v) is 4.05. The molecule has 0 saturated heterocycles. The second kappa shape index (κ2) is 5.19. The molecule has 1 heterocycles. The van der Waals surface area contributed by atoms with Crippen LogP contribution in [0.5, 0.6) is 5.75 Å². The molecule has 2 aliphatic rings. The lowest BCUT2D eigenvalue weighted by molar-refractivity contribution is 0.288. The minimum absolute atomic E-state index is 0.417. The summed E-state index contributed by atoms with van der Waals surface area (Å²) in [6.45, 7) is 0.861. The van der Waals surface area contributed by atoms with Gasteiger partial charge in [-0.2, -0.15) is 0 Å². The lowest BCUT2D eigenvalue weighted by Crippen LogP contribution is -2.32. The van der Waals surface area contributed by atoms with E-state index in [4.69, 9.17) is 10.5 Å². The fraction of sp³-hybridized carbons (Fsp3) is 0.600. The van der Waals surface area contributed by atoms with Crippen LogP contribution in [0.4, 0.5) is 5.69 Å². The van der Waals surface area contributed by atoms with Gasteiger partial charge in [0.1, 0.15) is 5.75 Å². The molecule has 0 amide bonds. The molecule has 98 valence electrons. The Balaban J connectivity index is 1.66. The first-order chi connectivity index (χ1) is 8.81. The van der Waals surface area contributed by atoms with Crippen LogP contribution in [0.25, 0.3) is 0 Å². The molecule has 1 aliphatic heterocycles. The summed E-state index contributed by atoms with van der Waals surface area (Å²) in [6, 6.07) is 7.50. The van der Waals surface area contributed by atoms with Gasteiger partial charge >= 0.3 is 0 Å². The summed E-state index contributed by atoms with van der Waals surface area (Å²) in [5.41, 5.74) is 8.52. The number of hydrogen-bond acceptors (Lipinski definition) is 3. The fourth-order valence-electron chi connectivity index (χ4n) is 2.95. The lowest BCUT2D eigenvalue weighted by atomic mass is 9.91. The van der Waals surface area contributed by atoms with E-state index >= 15 is 0 Å². The molecule has 3 heteroatoms. The van der Waals surface area contributed by atoms with Crippen LogP contribution < -0.4 is 15.8 Å². The largest absolute Gasteiger partial charge is 0.493 e. The molecule has 1 fully saturated rings. The molecule has 1 aromatic carbocycles. The average molecular weight is 246 g/mol. The second-order valence-corrected chi connectivity index (χ2v) is 5.53. The van der Waals surface area contributed by atoms with E-state index in [-0.39, 0.29) is 0 Å². The maximum absolute atomic E-state index is 5.94. The van der Waals surface area contributed by atoms with Crippen molar-refractivity contribution >= 4 is 5.69 Å². The summed E-state index contributed by atoms with van der Waals surface area (Å²) in [7, 11) is 0. The van der Waals surface area contributed by atoms with Gasteiger partial charge in [0.15, 0.2) is 0 Å². The number of nitrogens with two attached hydrogens (primary N) is 1. The van der Waals surface area contributed by atoms with Gasteiger partial charge in [-0.05, 0) is 62.3 Å².